The van der Waals surface area contributed by atoms with Crippen LogP contribution >= 0.6 is 0 Å². The maximum Gasteiger partial charge on any atom is 0.129 e. The average Bonchev–Trinajstić information content (AvgIpc) is 2.18. The van der Waals surface area contributed by atoms with E-state index in [0.29, 0.717) is 5.56 Å². The van der Waals surface area contributed by atoms with E-state index in [-0.39, 0.29) is 12.4 Å². The zero-order valence-corrected chi connectivity index (χ0v) is 8.13. The standard InChI is InChI=1S/C11H14FNO/c1-13-6-2-3-9-4-5-10(8-14)11(12)7-9/h2-5,7,13-14H,6,8H2,1H3. The first-order chi connectivity index (χ1) is 6.77. The number of likely N-dealkylation sites (N-methyl/N-ethyl adjacent to an activating group) is 1. The normalized spacial score (nSPS) is 11.1. The zero-order valence-electron chi connectivity index (χ0n) is 8.13. The Morgan fingerprint density at radius 2 is 2.29 bits per heavy atom. The summed E-state index contributed by atoms with van der Waals surface area (Å²) < 4.78 is 13.2. The number of aliphatic hydroxyl groups is 1. The van der Waals surface area contributed by atoms with Gasteiger partial charge in [-0.25, -0.2) is 4.39 Å². The lowest BCUT2D eigenvalue weighted by Crippen LogP contribution is -2.03. The number of halogens is 1. The first-order valence-corrected chi connectivity index (χ1v) is 4.48. The summed E-state index contributed by atoms with van der Waals surface area (Å²) in [6.45, 7) is 0.496. The maximum atomic E-state index is 13.2. The molecule has 76 valence electrons. The van der Waals surface area contributed by atoms with E-state index in [4.69, 9.17) is 5.11 Å². The van der Waals surface area contributed by atoms with Crippen molar-refractivity contribution >= 4 is 6.08 Å². The third kappa shape index (κ3) is 2.94. The fourth-order valence-corrected chi connectivity index (χ4v) is 1.11. The lowest BCUT2D eigenvalue weighted by Gasteiger charge is -1.99. The Morgan fingerprint density at radius 3 is 2.86 bits per heavy atom. The topological polar surface area (TPSA) is 32.3 Å². The molecule has 14 heavy (non-hydrogen) atoms. The van der Waals surface area contributed by atoms with Crippen LogP contribution in [0.25, 0.3) is 6.08 Å². The monoisotopic (exact) mass is 195 g/mol. The van der Waals surface area contributed by atoms with E-state index >= 15 is 0 Å². The van der Waals surface area contributed by atoms with E-state index in [1.54, 1.807) is 12.1 Å². The summed E-state index contributed by atoms with van der Waals surface area (Å²) in [4.78, 5) is 0. The Kier molecular flexibility index (Phi) is 4.29. The van der Waals surface area contributed by atoms with Crippen LogP contribution in [0.15, 0.2) is 24.3 Å². The van der Waals surface area contributed by atoms with Crippen LogP contribution in [0, 0.1) is 5.82 Å². The second-order valence-electron chi connectivity index (χ2n) is 2.97. The summed E-state index contributed by atoms with van der Waals surface area (Å²) in [5, 5.41) is 11.7. The van der Waals surface area contributed by atoms with Crippen LogP contribution in [0.3, 0.4) is 0 Å². The van der Waals surface area contributed by atoms with Crippen LogP contribution in [0.1, 0.15) is 11.1 Å². The smallest absolute Gasteiger partial charge is 0.129 e. The number of hydrogen-bond donors (Lipinski definition) is 2. The zero-order chi connectivity index (χ0) is 10.4. The van der Waals surface area contributed by atoms with Gasteiger partial charge in [-0.2, -0.15) is 0 Å². The molecule has 2 nitrogen and oxygen atoms in total. The summed E-state index contributed by atoms with van der Waals surface area (Å²) in [7, 11) is 1.85. The highest BCUT2D eigenvalue weighted by Crippen LogP contribution is 2.11. The molecule has 1 rings (SSSR count). The van der Waals surface area contributed by atoms with Crippen molar-refractivity contribution in [2.24, 2.45) is 0 Å². The van der Waals surface area contributed by atoms with Gasteiger partial charge in [-0.1, -0.05) is 24.3 Å². The van der Waals surface area contributed by atoms with Crippen molar-refractivity contribution in [2.75, 3.05) is 13.6 Å². The fraction of sp³-hybridized carbons (Fsp3) is 0.273. The molecule has 0 saturated carbocycles. The van der Waals surface area contributed by atoms with Crippen LogP contribution < -0.4 is 5.32 Å². The molecule has 0 aliphatic carbocycles. The number of benzene rings is 1. The molecular weight excluding hydrogens is 181 g/mol. The third-order valence-corrected chi connectivity index (χ3v) is 1.88. The van der Waals surface area contributed by atoms with E-state index < -0.39 is 0 Å². The molecule has 0 fully saturated rings. The van der Waals surface area contributed by atoms with Crippen molar-refractivity contribution < 1.29 is 9.50 Å². The number of hydrogen-bond acceptors (Lipinski definition) is 2. The highest BCUT2D eigenvalue weighted by molar-refractivity contribution is 5.50. The van der Waals surface area contributed by atoms with Gasteiger partial charge in [-0.05, 0) is 18.7 Å². The first kappa shape index (κ1) is 10.9. The molecule has 0 atom stereocenters. The molecule has 0 heterocycles. The minimum absolute atomic E-state index is 0.258. The SMILES string of the molecule is CNCC=Cc1ccc(CO)c(F)c1. The van der Waals surface area contributed by atoms with E-state index in [1.807, 2.05) is 19.2 Å². The van der Waals surface area contributed by atoms with Gasteiger partial charge in [0.2, 0.25) is 0 Å². The quantitative estimate of drug-likeness (QED) is 0.764. The number of nitrogens with one attached hydrogen (secondary N) is 1. The molecule has 0 spiro atoms. The van der Waals surface area contributed by atoms with Gasteiger partial charge in [0, 0.05) is 12.1 Å². The Hall–Kier alpha value is -1.19. The summed E-state index contributed by atoms with van der Waals surface area (Å²) in [5.41, 5.74) is 1.13. The van der Waals surface area contributed by atoms with E-state index in [1.165, 1.54) is 6.07 Å². The van der Waals surface area contributed by atoms with Gasteiger partial charge in [0.1, 0.15) is 5.82 Å². The van der Waals surface area contributed by atoms with Crippen LogP contribution in [0.2, 0.25) is 0 Å². The Morgan fingerprint density at radius 1 is 1.50 bits per heavy atom. The van der Waals surface area contributed by atoms with Crippen molar-refractivity contribution in [3.63, 3.8) is 0 Å². The molecular formula is C11H14FNO. The van der Waals surface area contributed by atoms with Crippen LogP contribution in [0.5, 0.6) is 0 Å². The Balaban J connectivity index is 2.76. The molecule has 0 amide bonds. The molecule has 0 aromatic heterocycles. The van der Waals surface area contributed by atoms with Gasteiger partial charge in [0.25, 0.3) is 0 Å². The van der Waals surface area contributed by atoms with Crippen molar-refractivity contribution in [1.82, 2.24) is 5.32 Å². The third-order valence-electron chi connectivity index (χ3n) is 1.88. The number of rotatable bonds is 4. The van der Waals surface area contributed by atoms with Crippen LogP contribution in [0.4, 0.5) is 4.39 Å². The highest BCUT2D eigenvalue weighted by Gasteiger charge is 1.99. The lowest BCUT2D eigenvalue weighted by molar-refractivity contribution is 0.275. The Bertz CT molecular complexity index is 323. The van der Waals surface area contributed by atoms with Crippen LogP contribution in [-0.2, 0) is 6.61 Å². The van der Waals surface area contributed by atoms with Gasteiger partial charge in [-0.15, -0.1) is 0 Å². The average molecular weight is 195 g/mol. The van der Waals surface area contributed by atoms with Crippen molar-refractivity contribution in [3.05, 3.63) is 41.2 Å². The molecule has 0 aliphatic rings. The largest absolute Gasteiger partial charge is 0.392 e. The molecule has 3 heteroatoms. The van der Waals surface area contributed by atoms with Crippen LogP contribution in [-0.4, -0.2) is 18.7 Å². The molecule has 0 bridgehead atoms. The van der Waals surface area contributed by atoms with E-state index in [0.717, 1.165) is 12.1 Å². The van der Waals surface area contributed by atoms with E-state index in [2.05, 4.69) is 5.32 Å². The second-order valence-corrected chi connectivity index (χ2v) is 2.97. The van der Waals surface area contributed by atoms with Crippen molar-refractivity contribution in [1.29, 1.82) is 0 Å². The number of aliphatic hydroxyl groups excluding tert-OH is 1. The molecule has 1 aromatic rings. The summed E-state index contributed by atoms with van der Waals surface area (Å²) in [5.74, 6) is -0.362. The van der Waals surface area contributed by atoms with Gasteiger partial charge >= 0.3 is 0 Å². The van der Waals surface area contributed by atoms with Gasteiger partial charge in [-0.3, -0.25) is 0 Å². The molecule has 2 N–H and O–H groups in total. The van der Waals surface area contributed by atoms with Gasteiger partial charge in [0.05, 0.1) is 6.61 Å². The van der Waals surface area contributed by atoms with Crippen molar-refractivity contribution in [2.45, 2.75) is 6.61 Å². The summed E-state index contributed by atoms with van der Waals surface area (Å²) >= 11 is 0. The first-order valence-electron chi connectivity index (χ1n) is 4.48. The lowest BCUT2D eigenvalue weighted by atomic mass is 10.1. The molecule has 0 saturated heterocycles. The van der Waals surface area contributed by atoms with Gasteiger partial charge < -0.3 is 10.4 Å². The predicted octanol–water partition coefficient (Wildman–Crippen LogP) is 1.55. The molecule has 0 unspecified atom stereocenters. The van der Waals surface area contributed by atoms with E-state index in [9.17, 15) is 4.39 Å². The Labute approximate surface area is 83.1 Å². The van der Waals surface area contributed by atoms with Crippen molar-refractivity contribution in [3.8, 4) is 0 Å². The minimum atomic E-state index is -0.362. The van der Waals surface area contributed by atoms with Gasteiger partial charge in [0.15, 0.2) is 0 Å². The summed E-state index contributed by atoms with van der Waals surface area (Å²) in [6.07, 6.45) is 3.74. The molecule has 0 radical (unpaired) electrons. The summed E-state index contributed by atoms with van der Waals surface area (Å²) in [6, 6.07) is 4.78. The maximum absolute atomic E-state index is 13.2. The predicted molar refractivity (Wildman–Crippen MR) is 55.3 cm³/mol. The minimum Gasteiger partial charge on any atom is -0.392 e. The fourth-order valence-electron chi connectivity index (χ4n) is 1.11. The molecule has 0 aliphatic heterocycles. The second kappa shape index (κ2) is 5.52. The highest BCUT2D eigenvalue weighted by atomic mass is 19.1. The molecule has 1 aromatic carbocycles.